The number of hydrogen-bond acceptors (Lipinski definition) is 2. The maximum atomic E-state index is 12.3. The van der Waals surface area contributed by atoms with Gasteiger partial charge in [0.25, 0.3) is 5.91 Å². The second kappa shape index (κ2) is 7.82. The molecule has 3 nitrogen and oxygen atoms in total. The monoisotopic (exact) mass is 311 g/mol. The fourth-order valence-electron chi connectivity index (χ4n) is 2.36. The zero-order chi connectivity index (χ0) is 16.8. The molecule has 2 unspecified atom stereocenters. The summed E-state index contributed by atoms with van der Waals surface area (Å²) in [5.41, 5.74) is 2.28. The molecule has 0 saturated heterocycles. The fourth-order valence-corrected chi connectivity index (χ4v) is 2.36. The minimum atomic E-state index is -0.538. The van der Waals surface area contributed by atoms with Crippen LogP contribution in [0, 0.1) is 0 Å². The first kappa shape index (κ1) is 17.1. The van der Waals surface area contributed by atoms with Crippen LogP contribution in [0.5, 0.6) is 5.75 Å². The molecule has 2 atom stereocenters. The van der Waals surface area contributed by atoms with E-state index in [1.54, 1.807) is 6.92 Å². The Morgan fingerprint density at radius 3 is 2.22 bits per heavy atom. The first-order valence-corrected chi connectivity index (χ1v) is 8.09. The van der Waals surface area contributed by atoms with E-state index in [4.69, 9.17) is 4.74 Å². The van der Waals surface area contributed by atoms with Gasteiger partial charge in [-0.1, -0.05) is 56.3 Å². The van der Waals surface area contributed by atoms with Crippen molar-refractivity contribution in [2.75, 3.05) is 0 Å². The molecule has 0 aliphatic heterocycles. The topological polar surface area (TPSA) is 38.3 Å². The zero-order valence-electron chi connectivity index (χ0n) is 14.2. The van der Waals surface area contributed by atoms with E-state index in [0.29, 0.717) is 5.92 Å². The lowest BCUT2D eigenvalue weighted by atomic mass is 10.0. The van der Waals surface area contributed by atoms with E-state index in [-0.39, 0.29) is 11.9 Å². The van der Waals surface area contributed by atoms with Crippen molar-refractivity contribution in [1.82, 2.24) is 5.32 Å². The third-order valence-electron chi connectivity index (χ3n) is 3.87. The molecule has 0 spiro atoms. The Bertz CT molecular complexity index is 637. The van der Waals surface area contributed by atoms with Crippen molar-refractivity contribution >= 4 is 5.91 Å². The number of carbonyl (C=O) groups excluding carboxylic acids is 1. The Kier molecular flexibility index (Phi) is 5.80. The Morgan fingerprint density at radius 2 is 1.57 bits per heavy atom. The van der Waals surface area contributed by atoms with Gasteiger partial charge in [0.2, 0.25) is 0 Å². The normalized spacial score (nSPS) is 13.4. The average molecular weight is 311 g/mol. The Morgan fingerprint density at radius 1 is 0.913 bits per heavy atom. The van der Waals surface area contributed by atoms with Crippen molar-refractivity contribution in [3.63, 3.8) is 0 Å². The molecule has 122 valence electrons. The summed E-state index contributed by atoms with van der Waals surface area (Å²) in [5.74, 6) is 1.04. The van der Waals surface area contributed by atoms with Crippen LogP contribution in [-0.4, -0.2) is 12.0 Å². The number of benzene rings is 2. The molecular weight excluding hydrogens is 286 g/mol. The molecule has 3 heteroatoms. The van der Waals surface area contributed by atoms with Gasteiger partial charge < -0.3 is 10.1 Å². The number of amides is 1. The Hall–Kier alpha value is -2.29. The van der Waals surface area contributed by atoms with E-state index in [2.05, 4.69) is 25.2 Å². The first-order valence-electron chi connectivity index (χ1n) is 8.09. The summed E-state index contributed by atoms with van der Waals surface area (Å²) in [6.45, 7) is 8.02. The number of nitrogens with one attached hydrogen (secondary N) is 1. The highest BCUT2D eigenvalue weighted by Gasteiger charge is 2.17. The summed E-state index contributed by atoms with van der Waals surface area (Å²) in [4.78, 5) is 12.3. The van der Waals surface area contributed by atoms with E-state index in [1.165, 1.54) is 5.56 Å². The van der Waals surface area contributed by atoms with Crippen molar-refractivity contribution in [1.29, 1.82) is 0 Å². The highest BCUT2D eigenvalue weighted by molar-refractivity contribution is 5.81. The second-order valence-corrected chi connectivity index (χ2v) is 6.13. The minimum absolute atomic E-state index is 0.0447. The van der Waals surface area contributed by atoms with Crippen molar-refractivity contribution in [3.05, 3.63) is 65.7 Å². The van der Waals surface area contributed by atoms with E-state index < -0.39 is 6.10 Å². The van der Waals surface area contributed by atoms with Crippen molar-refractivity contribution in [3.8, 4) is 5.75 Å². The van der Waals surface area contributed by atoms with Gasteiger partial charge in [-0.15, -0.1) is 0 Å². The lowest BCUT2D eigenvalue weighted by Gasteiger charge is -2.19. The maximum absolute atomic E-state index is 12.3. The molecule has 1 N–H and O–H groups in total. The fraction of sp³-hybridized carbons (Fsp3) is 0.350. The average Bonchev–Trinajstić information content (AvgIpc) is 2.55. The molecule has 23 heavy (non-hydrogen) atoms. The highest BCUT2D eigenvalue weighted by atomic mass is 16.5. The van der Waals surface area contributed by atoms with Crippen molar-refractivity contribution in [2.24, 2.45) is 0 Å². The van der Waals surface area contributed by atoms with E-state index in [1.807, 2.05) is 55.5 Å². The van der Waals surface area contributed by atoms with Crippen LogP contribution in [0.15, 0.2) is 54.6 Å². The molecule has 0 saturated carbocycles. The molecule has 0 fully saturated rings. The van der Waals surface area contributed by atoms with Gasteiger partial charge >= 0.3 is 0 Å². The first-order chi connectivity index (χ1) is 11.0. The molecule has 0 bridgehead atoms. The van der Waals surface area contributed by atoms with Crippen molar-refractivity contribution < 1.29 is 9.53 Å². The van der Waals surface area contributed by atoms with Gasteiger partial charge in [-0.25, -0.2) is 0 Å². The summed E-state index contributed by atoms with van der Waals surface area (Å²) in [7, 11) is 0. The van der Waals surface area contributed by atoms with Gasteiger partial charge in [-0.2, -0.15) is 0 Å². The summed E-state index contributed by atoms with van der Waals surface area (Å²) >= 11 is 0. The van der Waals surface area contributed by atoms with Gasteiger partial charge in [0.15, 0.2) is 6.10 Å². The molecule has 0 heterocycles. The Labute approximate surface area is 138 Å². The van der Waals surface area contributed by atoms with Gasteiger partial charge in [0.1, 0.15) is 5.75 Å². The predicted molar refractivity (Wildman–Crippen MR) is 93.6 cm³/mol. The number of hydrogen-bond donors (Lipinski definition) is 1. The summed E-state index contributed by atoms with van der Waals surface area (Å²) in [5, 5.41) is 2.99. The summed E-state index contributed by atoms with van der Waals surface area (Å²) in [6.07, 6.45) is -0.538. The lowest BCUT2D eigenvalue weighted by Crippen LogP contribution is -2.37. The van der Waals surface area contributed by atoms with E-state index in [9.17, 15) is 4.79 Å². The third-order valence-corrected chi connectivity index (χ3v) is 3.87. The molecule has 2 aromatic rings. The maximum Gasteiger partial charge on any atom is 0.261 e. The van der Waals surface area contributed by atoms with Gasteiger partial charge in [-0.3, -0.25) is 4.79 Å². The molecule has 0 aliphatic rings. The molecule has 1 amide bonds. The molecule has 0 radical (unpaired) electrons. The minimum Gasteiger partial charge on any atom is -0.481 e. The summed E-state index contributed by atoms with van der Waals surface area (Å²) < 4.78 is 5.79. The van der Waals surface area contributed by atoms with Gasteiger partial charge in [0, 0.05) is 0 Å². The smallest absolute Gasteiger partial charge is 0.261 e. The highest BCUT2D eigenvalue weighted by Crippen LogP contribution is 2.21. The lowest BCUT2D eigenvalue weighted by molar-refractivity contribution is -0.127. The standard InChI is InChI=1S/C20H25NO2/c1-14(2)18-11-8-12-19(13-18)23-16(4)20(22)21-15(3)17-9-6-5-7-10-17/h5-16H,1-4H3,(H,21,22). The van der Waals surface area contributed by atoms with Crippen LogP contribution in [-0.2, 0) is 4.79 Å². The van der Waals surface area contributed by atoms with Crippen LogP contribution in [0.3, 0.4) is 0 Å². The molecule has 2 rings (SSSR count). The second-order valence-electron chi connectivity index (χ2n) is 6.13. The van der Waals surface area contributed by atoms with Crippen LogP contribution < -0.4 is 10.1 Å². The molecular formula is C20H25NO2. The van der Waals surface area contributed by atoms with Gasteiger partial charge in [-0.05, 0) is 43.0 Å². The Balaban J connectivity index is 1.96. The van der Waals surface area contributed by atoms with Crippen LogP contribution in [0.25, 0.3) is 0 Å². The third kappa shape index (κ3) is 4.85. The zero-order valence-corrected chi connectivity index (χ0v) is 14.2. The number of rotatable bonds is 6. The van der Waals surface area contributed by atoms with Crippen LogP contribution in [0.1, 0.15) is 50.8 Å². The molecule has 2 aromatic carbocycles. The molecule has 0 aromatic heterocycles. The van der Waals surface area contributed by atoms with Crippen LogP contribution in [0.2, 0.25) is 0 Å². The molecule has 0 aliphatic carbocycles. The quantitative estimate of drug-likeness (QED) is 0.855. The van der Waals surface area contributed by atoms with E-state index in [0.717, 1.165) is 11.3 Å². The van der Waals surface area contributed by atoms with E-state index >= 15 is 0 Å². The van der Waals surface area contributed by atoms with Gasteiger partial charge in [0.05, 0.1) is 6.04 Å². The van der Waals surface area contributed by atoms with Crippen LogP contribution in [0.4, 0.5) is 0 Å². The summed E-state index contributed by atoms with van der Waals surface area (Å²) in [6, 6.07) is 17.8. The largest absolute Gasteiger partial charge is 0.481 e. The number of carbonyl (C=O) groups is 1. The number of ether oxygens (including phenoxy) is 1. The SMILES string of the molecule is CC(Oc1cccc(C(C)C)c1)C(=O)NC(C)c1ccccc1. The van der Waals surface area contributed by atoms with Crippen LogP contribution >= 0.6 is 0 Å². The van der Waals surface area contributed by atoms with Crippen molar-refractivity contribution in [2.45, 2.75) is 45.8 Å². The predicted octanol–water partition coefficient (Wildman–Crippen LogP) is 4.45.